The molecule has 7 heteroatoms. The van der Waals surface area contributed by atoms with E-state index < -0.39 is 6.75 Å². The van der Waals surface area contributed by atoms with Crippen LogP contribution in [0, 0.1) is 16.7 Å². The maximum absolute atomic E-state index is 8.78. The lowest BCUT2D eigenvalue weighted by molar-refractivity contribution is -0.119. The molecule has 3 aliphatic heterocycles. The van der Waals surface area contributed by atoms with Crippen molar-refractivity contribution >= 4 is 12.3 Å². The van der Waals surface area contributed by atoms with Crippen LogP contribution in [-0.4, -0.2) is 36.5 Å². The summed E-state index contributed by atoms with van der Waals surface area (Å²) in [6.07, 6.45) is 1.51. The standard InChI is InChI=1S/C10H11BN3O3/c1-10-5-15-11(16-6-10,17-7-10)8-2-3-13-9(4-12)14-8/h2-3H,5-7H2,1H3/q-1. The number of hydrogen-bond donors (Lipinski definition) is 0. The Balaban J connectivity index is 1.96. The van der Waals surface area contributed by atoms with E-state index in [1.807, 2.05) is 13.0 Å². The summed E-state index contributed by atoms with van der Waals surface area (Å²) in [7, 11) is 0. The van der Waals surface area contributed by atoms with Crippen LogP contribution in [0.15, 0.2) is 12.3 Å². The molecule has 4 heterocycles. The highest BCUT2D eigenvalue weighted by Crippen LogP contribution is 2.34. The third-order valence-electron chi connectivity index (χ3n) is 3.09. The number of rotatable bonds is 1. The Morgan fingerprint density at radius 1 is 1.35 bits per heavy atom. The first-order chi connectivity index (χ1) is 8.16. The van der Waals surface area contributed by atoms with Crippen molar-refractivity contribution in [2.75, 3.05) is 19.8 Å². The van der Waals surface area contributed by atoms with Gasteiger partial charge in [0.25, 0.3) is 0 Å². The molecule has 0 aliphatic carbocycles. The first-order valence-electron chi connectivity index (χ1n) is 5.45. The van der Waals surface area contributed by atoms with E-state index >= 15 is 0 Å². The summed E-state index contributed by atoms with van der Waals surface area (Å²) in [4.78, 5) is 7.90. The Kier molecular flexibility index (Phi) is 2.19. The third-order valence-corrected chi connectivity index (χ3v) is 3.09. The topological polar surface area (TPSA) is 77.3 Å². The first-order valence-corrected chi connectivity index (χ1v) is 5.45. The van der Waals surface area contributed by atoms with Gasteiger partial charge >= 0.3 is 6.75 Å². The molecule has 88 valence electrons. The molecule has 6 nitrogen and oxygen atoms in total. The SMILES string of the molecule is CC12CO[B-](c3ccnc(C#N)n3)(OC1)OC2. The van der Waals surface area contributed by atoms with Gasteiger partial charge in [0.2, 0.25) is 5.82 Å². The van der Waals surface area contributed by atoms with E-state index in [0.717, 1.165) is 0 Å². The van der Waals surface area contributed by atoms with Crippen molar-refractivity contribution in [3.05, 3.63) is 18.1 Å². The molecule has 3 saturated heterocycles. The van der Waals surface area contributed by atoms with Gasteiger partial charge in [-0.15, -0.1) is 0 Å². The van der Waals surface area contributed by atoms with E-state index in [0.29, 0.717) is 25.4 Å². The molecule has 0 spiro atoms. The van der Waals surface area contributed by atoms with E-state index in [-0.39, 0.29) is 11.2 Å². The molecule has 0 saturated carbocycles. The fourth-order valence-corrected chi connectivity index (χ4v) is 2.08. The van der Waals surface area contributed by atoms with Crippen LogP contribution in [0.2, 0.25) is 0 Å². The Morgan fingerprint density at radius 3 is 2.59 bits per heavy atom. The van der Waals surface area contributed by atoms with E-state index in [1.54, 1.807) is 6.07 Å². The van der Waals surface area contributed by atoms with Crippen LogP contribution in [0.1, 0.15) is 12.7 Å². The van der Waals surface area contributed by atoms with Crippen molar-refractivity contribution in [2.45, 2.75) is 6.92 Å². The largest absolute Gasteiger partial charge is 0.539 e. The molecule has 0 unspecified atom stereocenters. The Labute approximate surface area is 98.5 Å². The summed E-state index contributed by atoms with van der Waals surface area (Å²) in [5.74, 6) is 0.0912. The lowest BCUT2D eigenvalue weighted by atomic mass is 9.67. The van der Waals surface area contributed by atoms with Crippen molar-refractivity contribution in [3.63, 3.8) is 0 Å². The van der Waals surface area contributed by atoms with Crippen LogP contribution in [0.5, 0.6) is 0 Å². The van der Waals surface area contributed by atoms with Crippen LogP contribution in [-0.2, 0) is 14.0 Å². The summed E-state index contributed by atoms with van der Waals surface area (Å²) in [5.41, 5.74) is 0.424. The number of nitrogens with zero attached hydrogens (tertiary/aromatic N) is 3. The molecular weight excluding hydrogens is 221 g/mol. The van der Waals surface area contributed by atoms with Crippen molar-refractivity contribution in [2.24, 2.45) is 5.41 Å². The Hall–Kier alpha value is -1.49. The molecule has 1 aromatic rings. The Bertz CT molecular complexity index is 477. The van der Waals surface area contributed by atoms with E-state index in [2.05, 4.69) is 9.97 Å². The van der Waals surface area contributed by atoms with E-state index in [1.165, 1.54) is 6.20 Å². The second-order valence-electron chi connectivity index (χ2n) is 4.80. The maximum atomic E-state index is 8.78. The molecule has 2 bridgehead atoms. The molecule has 17 heavy (non-hydrogen) atoms. The average Bonchev–Trinajstić information content (AvgIpc) is 2.40. The molecule has 0 radical (unpaired) electrons. The third kappa shape index (κ3) is 1.62. The van der Waals surface area contributed by atoms with Crippen molar-refractivity contribution < 1.29 is 14.0 Å². The van der Waals surface area contributed by atoms with Gasteiger partial charge in [0.1, 0.15) is 6.07 Å². The van der Waals surface area contributed by atoms with Crippen LogP contribution in [0.25, 0.3) is 0 Å². The van der Waals surface area contributed by atoms with Gasteiger partial charge in [-0.25, -0.2) is 4.98 Å². The van der Waals surface area contributed by atoms with Crippen LogP contribution in [0.3, 0.4) is 0 Å². The number of aromatic nitrogens is 2. The smallest absolute Gasteiger partial charge is 0.427 e. The number of nitriles is 1. The average molecular weight is 232 g/mol. The van der Waals surface area contributed by atoms with E-state index in [9.17, 15) is 0 Å². The van der Waals surface area contributed by atoms with Gasteiger partial charge in [0.05, 0.1) is 0 Å². The predicted molar refractivity (Wildman–Crippen MR) is 58.1 cm³/mol. The minimum absolute atomic E-state index is 0.0748. The zero-order chi connectivity index (χ0) is 11.9. The first kappa shape index (κ1) is 10.7. The van der Waals surface area contributed by atoms with Crippen molar-refractivity contribution in [3.8, 4) is 6.07 Å². The van der Waals surface area contributed by atoms with Gasteiger partial charge in [-0.05, 0) is 5.59 Å². The molecule has 4 rings (SSSR count). The highest BCUT2D eigenvalue weighted by Gasteiger charge is 2.47. The van der Waals surface area contributed by atoms with Gasteiger partial charge in [-0.2, -0.15) is 5.26 Å². The van der Waals surface area contributed by atoms with Crippen LogP contribution in [0.4, 0.5) is 0 Å². The second-order valence-corrected chi connectivity index (χ2v) is 4.80. The van der Waals surface area contributed by atoms with Gasteiger partial charge < -0.3 is 14.0 Å². The van der Waals surface area contributed by atoms with Crippen molar-refractivity contribution in [1.29, 1.82) is 5.26 Å². The fraction of sp³-hybridized carbons (Fsp3) is 0.500. The minimum Gasteiger partial charge on any atom is -0.539 e. The quantitative estimate of drug-likeness (QED) is 0.612. The van der Waals surface area contributed by atoms with Gasteiger partial charge in [0.15, 0.2) is 0 Å². The zero-order valence-corrected chi connectivity index (χ0v) is 9.42. The normalized spacial score (nSPS) is 35.5. The number of fused-ring (bicyclic) bond motifs is 3. The molecule has 3 fully saturated rings. The van der Waals surface area contributed by atoms with Gasteiger partial charge in [-0.1, -0.05) is 13.0 Å². The van der Waals surface area contributed by atoms with Crippen LogP contribution >= 0.6 is 0 Å². The molecule has 0 atom stereocenters. The molecule has 0 N–H and O–H groups in total. The minimum atomic E-state index is -1.98. The molecule has 0 amide bonds. The summed E-state index contributed by atoms with van der Waals surface area (Å²) in [5, 5.41) is 8.78. The summed E-state index contributed by atoms with van der Waals surface area (Å²) in [6, 6.07) is 3.55. The summed E-state index contributed by atoms with van der Waals surface area (Å²) >= 11 is 0. The second kappa shape index (κ2) is 3.50. The van der Waals surface area contributed by atoms with Gasteiger partial charge in [-0.3, -0.25) is 4.98 Å². The fourth-order valence-electron chi connectivity index (χ4n) is 2.08. The van der Waals surface area contributed by atoms with Gasteiger partial charge in [0, 0.05) is 31.4 Å². The molecular formula is C10H11BN3O3-. The lowest BCUT2D eigenvalue weighted by Gasteiger charge is -2.57. The van der Waals surface area contributed by atoms with Crippen LogP contribution < -0.4 is 5.59 Å². The molecule has 3 aliphatic rings. The lowest BCUT2D eigenvalue weighted by Crippen LogP contribution is -2.69. The molecule has 0 aromatic carbocycles. The highest BCUT2D eigenvalue weighted by molar-refractivity contribution is 6.74. The van der Waals surface area contributed by atoms with E-state index in [4.69, 9.17) is 19.2 Å². The summed E-state index contributed by atoms with van der Waals surface area (Å²) in [6.45, 7) is 1.81. The predicted octanol–water partition coefficient (Wildman–Crippen LogP) is -0.423. The maximum Gasteiger partial charge on any atom is 0.427 e. The Morgan fingerprint density at radius 2 is 2.00 bits per heavy atom. The monoisotopic (exact) mass is 232 g/mol. The zero-order valence-electron chi connectivity index (χ0n) is 9.42. The highest BCUT2D eigenvalue weighted by atomic mass is 16.8. The molecule has 1 aromatic heterocycles. The summed E-state index contributed by atoms with van der Waals surface area (Å²) < 4.78 is 17.0. The van der Waals surface area contributed by atoms with Crippen molar-refractivity contribution in [1.82, 2.24) is 9.97 Å². The number of hydrogen-bond acceptors (Lipinski definition) is 6.